The fourth-order valence-corrected chi connectivity index (χ4v) is 3.45. The Balaban J connectivity index is 1.98. The van der Waals surface area contributed by atoms with E-state index in [1.807, 2.05) is 26.0 Å². The number of alkyl halides is 3. The number of ether oxygens (including phenoxy) is 1. The largest absolute Gasteiger partial charge is 0.493 e. The first kappa shape index (κ1) is 17.6. The third-order valence-corrected chi connectivity index (χ3v) is 4.74. The summed E-state index contributed by atoms with van der Waals surface area (Å²) in [5.74, 6) is 0.737. The SMILES string of the molecule is CC(C)n1c(=O)nc(-c2ccc(C(F)(F)F)cc2)c2cc3c(cc21)OCC3. The molecule has 0 fully saturated rings. The van der Waals surface area contributed by atoms with Gasteiger partial charge in [0.05, 0.1) is 23.4 Å². The molecule has 140 valence electrons. The predicted octanol–water partition coefficient (Wildman–Crippen LogP) is 4.60. The summed E-state index contributed by atoms with van der Waals surface area (Å²) in [6.07, 6.45) is -3.66. The fraction of sp³-hybridized carbons (Fsp3) is 0.300. The quantitative estimate of drug-likeness (QED) is 0.659. The van der Waals surface area contributed by atoms with Crippen LogP contribution in [0.4, 0.5) is 13.2 Å². The molecule has 0 spiro atoms. The lowest BCUT2D eigenvalue weighted by molar-refractivity contribution is -0.137. The molecular formula is C20H17F3N2O2. The van der Waals surface area contributed by atoms with Gasteiger partial charge in [-0.05, 0) is 37.6 Å². The van der Waals surface area contributed by atoms with Crippen LogP contribution in [0.2, 0.25) is 0 Å². The molecule has 0 saturated carbocycles. The zero-order chi connectivity index (χ0) is 19.3. The van der Waals surface area contributed by atoms with Crippen LogP contribution in [0.25, 0.3) is 22.2 Å². The van der Waals surface area contributed by atoms with Gasteiger partial charge in [-0.1, -0.05) is 12.1 Å². The number of aromatic nitrogens is 2. The second-order valence-corrected chi connectivity index (χ2v) is 6.86. The van der Waals surface area contributed by atoms with Crippen LogP contribution < -0.4 is 10.4 Å². The minimum Gasteiger partial charge on any atom is -0.493 e. The molecule has 0 radical (unpaired) electrons. The van der Waals surface area contributed by atoms with Gasteiger partial charge in [0.1, 0.15) is 5.75 Å². The van der Waals surface area contributed by atoms with E-state index in [-0.39, 0.29) is 6.04 Å². The van der Waals surface area contributed by atoms with Crippen molar-refractivity contribution in [2.75, 3.05) is 6.61 Å². The maximum Gasteiger partial charge on any atom is 0.416 e. The smallest absolute Gasteiger partial charge is 0.416 e. The van der Waals surface area contributed by atoms with Gasteiger partial charge in [-0.25, -0.2) is 4.79 Å². The van der Waals surface area contributed by atoms with E-state index in [0.717, 1.165) is 35.3 Å². The summed E-state index contributed by atoms with van der Waals surface area (Å²) in [5, 5.41) is 0.729. The van der Waals surface area contributed by atoms with Gasteiger partial charge in [0.2, 0.25) is 0 Å². The van der Waals surface area contributed by atoms with Gasteiger partial charge in [0.25, 0.3) is 0 Å². The van der Waals surface area contributed by atoms with Gasteiger partial charge in [-0.15, -0.1) is 0 Å². The topological polar surface area (TPSA) is 44.1 Å². The monoisotopic (exact) mass is 374 g/mol. The van der Waals surface area contributed by atoms with E-state index in [2.05, 4.69) is 4.98 Å². The third-order valence-electron chi connectivity index (χ3n) is 4.74. The molecule has 7 heteroatoms. The van der Waals surface area contributed by atoms with Crippen molar-refractivity contribution in [3.8, 4) is 17.0 Å². The first-order valence-corrected chi connectivity index (χ1v) is 8.65. The first-order valence-electron chi connectivity index (χ1n) is 8.65. The summed E-state index contributed by atoms with van der Waals surface area (Å²) >= 11 is 0. The Kier molecular flexibility index (Phi) is 3.98. The van der Waals surface area contributed by atoms with E-state index < -0.39 is 17.4 Å². The molecule has 27 heavy (non-hydrogen) atoms. The van der Waals surface area contributed by atoms with Gasteiger partial charge in [-0.2, -0.15) is 18.2 Å². The first-order chi connectivity index (χ1) is 12.8. The van der Waals surface area contributed by atoms with Gasteiger partial charge in [0, 0.05) is 29.5 Å². The van der Waals surface area contributed by atoms with Crippen LogP contribution in [0.15, 0.2) is 41.2 Å². The second-order valence-electron chi connectivity index (χ2n) is 6.86. The molecule has 0 saturated heterocycles. The molecule has 0 N–H and O–H groups in total. The number of hydrogen-bond donors (Lipinski definition) is 0. The van der Waals surface area contributed by atoms with Crippen molar-refractivity contribution in [3.63, 3.8) is 0 Å². The van der Waals surface area contributed by atoms with Crippen molar-refractivity contribution in [2.45, 2.75) is 32.5 Å². The highest BCUT2D eigenvalue weighted by Gasteiger charge is 2.30. The summed E-state index contributed by atoms with van der Waals surface area (Å²) in [6, 6.07) is 8.36. The molecule has 1 aliphatic rings. The molecule has 0 aliphatic carbocycles. The van der Waals surface area contributed by atoms with Crippen molar-refractivity contribution >= 4 is 10.9 Å². The van der Waals surface area contributed by atoms with Gasteiger partial charge in [-0.3, -0.25) is 4.57 Å². The molecular weight excluding hydrogens is 357 g/mol. The van der Waals surface area contributed by atoms with Crippen LogP contribution in [-0.4, -0.2) is 16.2 Å². The third kappa shape index (κ3) is 2.97. The molecule has 0 amide bonds. The van der Waals surface area contributed by atoms with E-state index >= 15 is 0 Å². The molecule has 2 heterocycles. The van der Waals surface area contributed by atoms with Crippen LogP contribution in [0.1, 0.15) is 31.0 Å². The molecule has 2 aromatic carbocycles. The number of fused-ring (bicyclic) bond motifs is 2. The zero-order valence-corrected chi connectivity index (χ0v) is 14.8. The lowest BCUT2D eigenvalue weighted by Crippen LogP contribution is -2.25. The van der Waals surface area contributed by atoms with Gasteiger partial charge >= 0.3 is 11.9 Å². The summed E-state index contributed by atoms with van der Waals surface area (Å²) < 4.78 is 45.7. The summed E-state index contributed by atoms with van der Waals surface area (Å²) in [5.41, 5.74) is 1.35. The predicted molar refractivity (Wildman–Crippen MR) is 96.0 cm³/mol. The highest BCUT2D eigenvalue weighted by atomic mass is 19.4. The molecule has 1 aromatic heterocycles. The highest BCUT2D eigenvalue weighted by Crippen LogP contribution is 2.36. The van der Waals surface area contributed by atoms with Crippen LogP contribution >= 0.6 is 0 Å². The maximum absolute atomic E-state index is 12.8. The number of hydrogen-bond acceptors (Lipinski definition) is 3. The van der Waals surface area contributed by atoms with Crippen LogP contribution in [0.3, 0.4) is 0 Å². The van der Waals surface area contributed by atoms with Crippen molar-refractivity contribution in [2.24, 2.45) is 0 Å². The Bertz CT molecular complexity index is 1080. The van der Waals surface area contributed by atoms with E-state index in [1.165, 1.54) is 12.1 Å². The Labute approximate surface area is 153 Å². The number of benzene rings is 2. The average molecular weight is 374 g/mol. The molecule has 4 rings (SSSR count). The number of nitrogens with zero attached hydrogens (tertiary/aromatic N) is 2. The molecule has 1 aliphatic heterocycles. The highest BCUT2D eigenvalue weighted by molar-refractivity contribution is 5.94. The summed E-state index contributed by atoms with van der Waals surface area (Å²) in [7, 11) is 0. The Hall–Kier alpha value is -2.83. The van der Waals surface area contributed by atoms with Crippen molar-refractivity contribution in [1.29, 1.82) is 0 Å². The molecule has 3 aromatic rings. The van der Waals surface area contributed by atoms with Crippen LogP contribution in [0, 0.1) is 0 Å². The number of rotatable bonds is 2. The van der Waals surface area contributed by atoms with Crippen molar-refractivity contribution in [3.05, 3.63) is 58.0 Å². The molecule has 0 atom stereocenters. The van der Waals surface area contributed by atoms with Crippen LogP contribution in [0.5, 0.6) is 5.75 Å². The average Bonchev–Trinajstić information content (AvgIpc) is 3.05. The van der Waals surface area contributed by atoms with Gasteiger partial charge in [0.15, 0.2) is 0 Å². The molecule has 0 bridgehead atoms. The Morgan fingerprint density at radius 2 is 1.85 bits per heavy atom. The Morgan fingerprint density at radius 3 is 2.48 bits per heavy atom. The molecule has 4 nitrogen and oxygen atoms in total. The normalized spacial score (nSPS) is 13.9. The second kappa shape index (κ2) is 6.11. The van der Waals surface area contributed by atoms with Crippen LogP contribution in [-0.2, 0) is 12.6 Å². The standard InChI is InChI=1S/C20H17F3N2O2/c1-11(2)25-16-10-17-13(7-8-27-17)9-15(16)18(24-19(25)26)12-3-5-14(6-4-12)20(21,22)23/h3-6,9-11H,7-8H2,1-2H3. The summed E-state index contributed by atoms with van der Waals surface area (Å²) in [4.78, 5) is 16.8. The maximum atomic E-state index is 12.8. The van der Waals surface area contributed by atoms with E-state index in [4.69, 9.17) is 4.74 Å². The van der Waals surface area contributed by atoms with Crippen molar-refractivity contribution in [1.82, 2.24) is 9.55 Å². The van der Waals surface area contributed by atoms with E-state index in [0.29, 0.717) is 23.4 Å². The molecule has 0 unspecified atom stereocenters. The zero-order valence-electron chi connectivity index (χ0n) is 14.8. The summed E-state index contributed by atoms with van der Waals surface area (Å²) in [6.45, 7) is 4.34. The lowest BCUT2D eigenvalue weighted by Gasteiger charge is -2.17. The lowest BCUT2D eigenvalue weighted by atomic mass is 10.0. The number of halogens is 3. The van der Waals surface area contributed by atoms with E-state index in [1.54, 1.807) is 4.57 Å². The minimum atomic E-state index is -4.41. The Morgan fingerprint density at radius 1 is 1.15 bits per heavy atom. The minimum absolute atomic E-state index is 0.117. The van der Waals surface area contributed by atoms with Gasteiger partial charge < -0.3 is 4.74 Å². The van der Waals surface area contributed by atoms with E-state index in [9.17, 15) is 18.0 Å². The van der Waals surface area contributed by atoms with Crippen molar-refractivity contribution < 1.29 is 17.9 Å². The fourth-order valence-electron chi connectivity index (χ4n) is 3.45.